The first-order valence-electron chi connectivity index (χ1n) is 7.03. The van der Waals surface area contributed by atoms with E-state index >= 15 is 0 Å². The quantitative estimate of drug-likeness (QED) is 0.854. The Bertz CT molecular complexity index is 445. The largest absolute Gasteiger partial charge is 0.354 e. The minimum Gasteiger partial charge on any atom is -0.354 e. The van der Waals surface area contributed by atoms with Crippen LogP contribution in [0, 0.1) is 0 Å². The van der Waals surface area contributed by atoms with Crippen LogP contribution in [0.2, 0.25) is 0 Å². The number of aromatic nitrogens is 1. The van der Waals surface area contributed by atoms with Crippen molar-refractivity contribution in [3.05, 3.63) is 16.1 Å². The van der Waals surface area contributed by atoms with E-state index in [0.29, 0.717) is 12.5 Å². The summed E-state index contributed by atoms with van der Waals surface area (Å²) in [4.78, 5) is 16.6. The van der Waals surface area contributed by atoms with E-state index in [4.69, 9.17) is 5.73 Å². The molecule has 0 radical (unpaired) electrons. The van der Waals surface area contributed by atoms with Crippen LogP contribution < -0.4 is 11.1 Å². The second-order valence-corrected chi connectivity index (χ2v) is 6.59. The zero-order chi connectivity index (χ0) is 13.9. The molecule has 0 unspecified atom stereocenters. The number of rotatable bonds is 5. The molecule has 1 aliphatic rings. The Morgan fingerprint density at radius 2 is 2.05 bits per heavy atom. The SMILES string of the molecule is CC(C)c1nc(CCNC(=O)C2(N)CCCC2)cs1.Cl.Cl. The average molecular weight is 354 g/mol. The Labute approximate surface area is 143 Å². The van der Waals surface area contributed by atoms with Gasteiger partial charge in [0, 0.05) is 24.3 Å². The molecule has 0 saturated heterocycles. The van der Waals surface area contributed by atoms with Gasteiger partial charge in [-0.15, -0.1) is 36.2 Å². The Kier molecular flexibility index (Phi) is 8.78. The Morgan fingerprint density at radius 3 is 2.57 bits per heavy atom. The number of carbonyl (C=O) groups excluding carboxylic acids is 1. The van der Waals surface area contributed by atoms with Crippen LogP contribution in [0.5, 0.6) is 0 Å². The van der Waals surface area contributed by atoms with E-state index in [1.807, 2.05) is 0 Å². The molecule has 0 aromatic carbocycles. The van der Waals surface area contributed by atoms with Gasteiger partial charge < -0.3 is 11.1 Å². The minimum absolute atomic E-state index is 0. The summed E-state index contributed by atoms with van der Waals surface area (Å²) in [5.74, 6) is 0.475. The van der Waals surface area contributed by atoms with E-state index in [1.54, 1.807) is 11.3 Å². The maximum atomic E-state index is 12.0. The van der Waals surface area contributed by atoms with Crippen molar-refractivity contribution in [3.8, 4) is 0 Å². The van der Waals surface area contributed by atoms with E-state index < -0.39 is 5.54 Å². The van der Waals surface area contributed by atoms with Gasteiger partial charge in [-0.2, -0.15) is 0 Å². The van der Waals surface area contributed by atoms with Crippen LogP contribution in [0.25, 0.3) is 0 Å². The van der Waals surface area contributed by atoms with E-state index in [-0.39, 0.29) is 30.7 Å². The first-order chi connectivity index (χ1) is 9.01. The van der Waals surface area contributed by atoms with Crippen LogP contribution in [-0.4, -0.2) is 23.0 Å². The number of carbonyl (C=O) groups is 1. The van der Waals surface area contributed by atoms with Crippen molar-refractivity contribution in [3.63, 3.8) is 0 Å². The predicted octanol–water partition coefficient (Wildman–Crippen LogP) is 3.04. The monoisotopic (exact) mass is 353 g/mol. The third-order valence-corrected chi connectivity index (χ3v) is 4.87. The van der Waals surface area contributed by atoms with Gasteiger partial charge >= 0.3 is 0 Å². The van der Waals surface area contributed by atoms with Crippen LogP contribution in [0.1, 0.15) is 56.2 Å². The van der Waals surface area contributed by atoms with Crippen LogP contribution in [0.15, 0.2) is 5.38 Å². The van der Waals surface area contributed by atoms with Gasteiger partial charge in [-0.3, -0.25) is 4.79 Å². The maximum absolute atomic E-state index is 12.0. The molecule has 0 bridgehead atoms. The van der Waals surface area contributed by atoms with Gasteiger partial charge in [-0.1, -0.05) is 26.7 Å². The molecule has 4 nitrogen and oxygen atoms in total. The summed E-state index contributed by atoms with van der Waals surface area (Å²) in [7, 11) is 0. The van der Waals surface area contributed by atoms with Gasteiger partial charge in [0.2, 0.25) is 5.91 Å². The van der Waals surface area contributed by atoms with E-state index in [1.165, 1.54) is 0 Å². The zero-order valence-electron chi connectivity index (χ0n) is 12.6. The summed E-state index contributed by atoms with van der Waals surface area (Å²) in [6, 6.07) is 0. The van der Waals surface area contributed by atoms with Crippen LogP contribution >= 0.6 is 36.2 Å². The molecule has 2 rings (SSSR count). The van der Waals surface area contributed by atoms with Crippen molar-refractivity contribution in [1.29, 1.82) is 0 Å². The van der Waals surface area contributed by atoms with Gasteiger partial charge in [-0.05, 0) is 12.8 Å². The molecule has 1 fully saturated rings. The molecule has 1 amide bonds. The molecule has 1 aromatic heterocycles. The average Bonchev–Trinajstić information content (AvgIpc) is 2.99. The van der Waals surface area contributed by atoms with Gasteiger partial charge in [-0.25, -0.2) is 4.98 Å². The summed E-state index contributed by atoms with van der Waals surface area (Å²) < 4.78 is 0. The second-order valence-electron chi connectivity index (χ2n) is 5.70. The molecule has 122 valence electrons. The Balaban J connectivity index is 0.00000200. The first kappa shape index (κ1) is 20.6. The maximum Gasteiger partial charge on any atom is 0.240 e. The highest BCUT2D eigenvalue weighted by Crippen LogP contribution is 2.27. The van der Waals surface area contributed by atoms with E-state index in [2.05, 4.69) is 29.5 Å². The molecule has 1 aromatic rings. The highest BCUT2D eigenvalue weighted by atomic mass is 35.5. The number of nitrogens with one attached hydrogen (secondary N) is 1. The fraction of sp³-hybridized carbons (Fsp3) is 0.714. The lowest BCUT2D eigenvalue weighted by atomic mass is 9.98. The van der Waals surface area contributed by atoms with Crippen molar-refractivity contribution in [1.82, 2.24) is 10.3 Å². The first-order valence-corrected chi connectivity index (χ1v) is 7.91. The molecule has 1 aliphatic carbocycles. The smallest absolute Gasteiger partial charge is 0.240 e. The molecule has 21 heavy (non-hydrogen) atoms. The predicted molar refractivity (Wildman–Crippen MR) is 92.8 cm³/mol. The van der Waals surface area contributed by atoms with Crippen molar-refractivity contribution in [2.45, 2.75) is 57.4 Å². The molecule has 1 saturated carbocycles. The summed E-state index contributed by atoms with van der Waals surface area (Å²) in [5.41, 5.74) is 6.54. The summed E-state index contributed by atoms with van der Waals surface area (Å²) in [6.45, 7) is 4.91. The van der Waals surface area contributed by atoms with Gasteiger partial charge in [0.1, 0.15) is 0 Å². The third kappa shape index (κ3) is 5.40. The molecule has 1 heterocycles. The lowest BCUT2D eigenvalue weighted by molar-refractivity contribution is -0.126. The Hall–Kier alpha value is -0.360. The van der Waals surface area contributed by atoms with Crippen molar-refractivity contribution < 1.29 is 4.79 Å². The molecule has 3 N–H and O–H groups in total. The highest BCUT2D eigenvalue weighted by molar-refractivity contribution is 7.09. The number of amides is 1. The molecular formula is C14H25Cl2N3OS. The molecular weight excluding hydrogens is 329 g/mol. The third-order valence-electron chi connectivity index (χ3n) is 3.68. The molecule has 0 spiro atoms. The van der Waals surface area contributed by atoms with E-state index in [0.717, 1.165) is 42.8 Å². The number of nitrogens with zero attached hydrogens (tertiary/aromatic N) is 1. The normalized spacial score (nSPS) is 16.2. The van der Waals surface area contributed by atoms with Crippen LogP contribution in [-0.2, 0) is 11.2 Å². The van der Waals surface area contributed by atoms with Gasteiger partial charge in [0.15, 0.2) is 0 Å². The van der Waals surface area contributed by atoms with E-state index in [9.17, 15) is 4.79 Å². The summed E-state index contributed by atoms with van der Waals surface area (Å²) in [6.07, 6.45) is 4.53. The zero-order valence-corrected chi connectivity index (χ0v) is 15.0. The standard InChI is InChI=1S/C14H23N3OS.2ClH/c1-10(2)12-17-11(9-19-12)5-8-16-13(18)14(15)6-3-4-7-14;;/h9-10H,3-8,15H2,1-2H3,(H,16,18);2*1H. The summed E-state index contributed by atoms with van der Waals surface area (Å²) in [5, 5.41) is 6.19. The number of thiazole rings is 1. The topological polar surface area (TPSA) is 68.0 Å². The number of nitrogens with two attached hydrogens (primary N) is 1. The fourth-order valence-electron chi connectivity index (χ4n) is 2.42. The lowest BCUT2D eigenvalue weighted by Gasteiger charge is -2.22. The summed E-state index contributed by atoms with van der Waals surface area (Å²) >= 11 is 1.69. The van der Waals surface area contributed by atoms with Crippen LogP contribution in [0.4, 0.5) is 0 Å². The fourth-order valence-corrected chi connectivity index (χ4v) is 3.29. The second kappa shape index (κ2) is 8.93. The minimum atomic E-state index is -0.620. The lowest BCUT2D eigenvalue weighted by Crippen LogP contribution is -2.52. The molecule has 0 aliphatic heterocycles. The highest BCUT2D eigenvalue weighted by Gasteiger charge is 2.36. The van der Waals surface area contributed by atoms with Crippen LogP contribution in [0.3, 0.4) is 0 Å². The number of hydrogen-bond acceptors (Lipinski definition) is 4. The molecule has 7 heteroatoms. The van der Waals surface area contributed by atoms with Crippen molar-refractivity contribution >= 4 is 42.1 Å². The van der Waals surface area contributed by atoms with Gasteiger partial charge in [0.25, 0.3) is 0 Å². The number of halogens is 2. The Morgan fingerprint density at radius 1 is 1.43 bits per heavy atom. The van der Waals surface area contributed by atoms with Crippen molar-refractivity contribution in [2.24, 2.45) is 5.73 Å². The van der Waals surface area contributed by atoms with Crippen molar-refractivity contribution in [2.75, 3.05) is 6.54 Å². The number of hydrogen-bond donors (Lipinski definition) is 2. The van der Waals surface area contributed by atoms with Gasteiger partial charge in [0.05, 0.1) is 16.2 Å². The molecule has 0 atom stereocenters.